The second-order valence-electron chi connectivity index (χ2n) is 7.85. The fourth-order valence-corrected chi connectivity index (χ4v) is 8.96. The van der Waals surface area contributed by atoms with Crippen molar-refractivity contribution in [1.29, 1.82) is 0 Å². The summed E-state index contributed by atoms with van der Waals surface area (Å²) in [6.45, 7) is 9.48. The van der Waals surface area contributed by atoms with Gasteiger partial charge in [0.25, 0.3) is 0 Å². The van der Waals surface area contributed by atoms with E-state index in [0.29, 0.717) is 11.8 Å². The Labute approximate surface area is 149 Å². The molecular weight excluding hydrogens is 312 g/mol. The van der Waals surface area contributed by atoms with Crippen molar-refractivity contribution in [3.8, 4) is 0 Å². The van der Waals surface area contributed by atoms with E-state index in [2.05, 4.69) is 39.8 Å². The third kappa shape index (κ3) is 3.46. The second kappa shape index (κ2) is 7.86. The molecule has 3 atom stereocenters. The maximum Gasteiger partial charge on any atom is 0.316 e. The topological polar surface area (TPSA) is 26.3 Å². The molecule has 0 radical (unpaired) electrons. The third-order valence-corrected chi connectivity index (χ3v) is 12.8. The number of methoxy groups -OCH3 is 1. The molecule has 2 nitrogen and oxygen atoms in total. The van der Waals surface area contributed by atoms with Gasteiger partial charge < -0.3 is 4.74 Å². The number of rotatable bonds is 7. The molecule has 134 valence electrons. The molecule has 0 saturated heterocycles. The summed E-state index contributed by atoms with van der Waals surface area (Å²) >= 11 is 0. The zero-order valence-electron chi connectivity index (χ0n) is 16.1. The highest BCUT2D eigenvalue weighted by atomic mass is 28.3. The quantitative estimate of drug-likeness (QED) is 0.471. The minimum Gasteiger partial charge on any atom is -0.468 e. The molecule has 0 aliphatic heterocycles. The third-order valence-electron chi connectivity index (χ3n) is 6.93. The van der Waals surface area contributed by atoms with E-state index in [9.17, 15) is 4.79 Å². The van der Waals surface area contributed by atoms with E-state index in [1.54, 1.807) is 0 Å². The first-order chi connectivity index (χ1) is 11.5. The first-order valence-electron chi connectivity index (χ1n) is 9.61. The van der Waals surface area contributed by atoms with E-state index in [1.807, 2.05) is 18.2 Å². The highest BCUT2D eigenvalue weighted by Gasteiger charge is 2.51. The zero-order valence-corrected chi connectivity index (χ0v) is 17.1. The summed E-state index contributed by atoms with van der Waals surface area (Å²) in [6, 6.07) is 15.8. The predicted octanol–water partition coefficient (Wildman–Crippen LogP) is 5.65. The van der Waals surface area contributed by atoms with Crippen LogP contribution >= 0.6 is 0 Å². The van der Waals surface area contributed by atoms with Crippen LogP contribution in [0.5, 0.6) is 0 Å². The summed E-state index contributed by atoms with van der Waals surface area (Å²) in [6.07, 6.45) is 1.88. The van der Waals surface area contributed by atoms with Gasteiger partial charge in [-0.05, 0) is 30.2 Å². The largest absolute Gasteiger partial charge is 0.468 e. The van der Waals surface area contributed by atoms with E-state index in [4.69, 9.17) is 4.74 Å². The van der Waals surface area contributed by atoms with Gasteiger partial charge in [-0.3, -0.25) is 4.79 Å². The van der Waals surface area contributed by atoms with Crippen molar-refractivity contribution in [3.05, 3.63) is 35.9 Å². The SMILES string of the molecule is CC[Si](CC)(CC)C[C@@H]1CC(C(=O)OC)(c2ccccc2)C[C@H]1C. The van der Waals surface area contributed by atoms with Crippen molar-refractivity contribution in [1.82, 2.24) is 0 Å². The van der Waals surface area contributed by atoms with Gasteiger partial charge in [0.1, 0.15) is 0 Å². The van der Waals surface area contributed by atoms with Gasteiger partial charge in [0.2, 0.25) is 0 Å². The number of hydrogen-bond donors (Lipinski definition) is 0. The van der Waals surface area contributed by atoms with Gasteiger partial charge >= 0.3 is 5.97 Å². The Kier molecular flexibility index (Phi) is 6.30. The van der Waals surface area contributed by atoms with Gasteiger partial charge in [-0.15, -0.1) is 0 Å². The molecule has 0 amide bonds. The lowest BCUT2D eigenvalue weighted by Crippen LogP contribution is -2.36. The van der Waals surface area contributed by atoms with Gasteiger partial charge in [-0.25, -0.2) is 0 Å². The molecule has 1 aliphatic rings. The summed E-state index contributed by atoms with van der Waals surface area (Å²) in [7, 11) is 0.351. The van der Waals surface area contributed by atoms with Gasteiger partial charge in [0.05, 0.1) is 20.6 Å². The normalized spacial score (nSPS) is 27.2. The fraction of sp³-hybridized carbons (Fsp3) is 0.667. The number of esters is 1. The highest BCUT2D eigenvalue weighted by Crippen LogP contribution is 2.51. The molecule has 1 saturated carbocycles. The Morgan fingerprint density at radius 1 is 1.12 bits per heavy atom. The van der Waals surface area contributed by atoms with Crippen LogP contribution in [0.15, 0.2) is 30.3 Å². The minimum absolute atomic E-state index is 0.0418. The summed E-state index contributed by atoms with van der Waals surface area (Å²) in [5, 5.41) is 0. The molecule has 3 heteroatoms. The minimum atomic E-state index is -1.18. The van der Waals surface area contributed by atoms with Crippen molar-refractivity contribution in [2.24, 2.45) is 11.8 Å². The van der Waals surface area contributed by atoms with E-state index >= 15 is 0 Å². The molecule has 2 rings (SSSR count). The average molecular weight is 347 g/mol. The number of carbonyl (C=O) groups is 1. The molecule has 1 fully saturated rings. The van der Waals surface area contributed by atoms with Gasteiger partial charge in [-0.2, -0.15) is 0 Å². The molecule has 1 aliphatic carbocycles. The lowest BCUT2D eigenvalue weighted by Gasteiger charge is -2.33. The van der Waals surface area contributed by atoms with Crippen LogP contribution in [-0.4, -0.2) is 21.2 Å². The molecule has 24 heavy (non-hydrogen) atoms. The zero-order chi connectivity index (χ0) is 17.8. The van der Waals surface area contributed by atoms with Crippen molar-refractivity contribution >= 4 is 14.0 Å². The summed E-state index contributed by atoms with van der Waals surface area (Å²) in [4.78, 5) is 12.8. The van der Waals surface area contributed by atoms with Crippen LogP contribution in [0.4, 0.5) is 0 Å². The van der Waals surface area contributed by atoms with E-state index in [-0.39, 0.29) is 5.97 Å². The second-order valence-corrected chi connectivity index (χ2v) is 13.4. The Balaban J connectivity index is 2.32. The van der Waals surface area contributed by atoms with Crippen molar-refractivity contribution < 1.29 is 9.53 Å². The Bertz CT molecular complexity index is 530. The smallest absolute Gasteiger partial charge is 0.316 e. The fourth-order valence-electron chi connectivity index (χ4n) is 4.93. The number of benzene rings is 1. The predicted molar refractivity (Wildman–Crippen MR) is 104 cm³/mol. The molecule has 1 unspecified atom stereocenters. The standard InChI is InChI=1S/C21H34O2Si/c1-6-24(7-2,8-3)16-18-15-21(14-17(18)4,20(22)23-5)19-12-10-9-11-13-19/h9-13,17-18H,6-8,14-16H2,1-5H3/t17-,18+,21?/m1/s1. The summed E-state index contributed by atoms with van der Waals surface area (Å²) in [5.41, 5.74) is 0.707. The first-order valence-corrected chi connectivity index (χ1v) is 12.4. The number of hydrogen-bond acceptors (Lipinski definition) is 2. The lowest BCUT2D eigenvalue weighted by atomic mass is 9.78. The summed E-state index contributed by atoms with van der Waals surface area (Å²) < 4.78 is 5.27. The van der Waals surface area contributed by atoms with E-state index in [1.165, 1.54) is 31.3 Å². The molecular formula is C21H34O2Si. The number of ether oxygens (including phenoxy) is 1. The van der Waals surface area contributed by atoms with Crippen LogP contribution in [0.25, 0.3) is 0 Å². The number of carbonyl (C=O) groups excluding carboxylic acids is 1. The Morgan fingerprint density at radius 3 is 2.21 bits per heavy atom. The van der Waals surface area contributed by atoms with Crippen LogP contribution in [0, 0.1) is 11.8 Å². The van der Waals surface area contributed by atoms with Crippen LogP contribution in [-0.2, 0) is 14.9 Å². The van der Waals surface area contributed by atoms with Crippen LogP contribution in [0.1, 0.15) is 46.1 Å². The summed E-state index contributed by atoms with van der Waals surface area (Å²) in [5.74, 6) is 1.19. The van der Waals surface area contributed by atoms with E-state index in [0.717, 1.165) is 18.4 Å². The molecule has 0 heterocycles. The molecule has 0 aromatic heterocycles. The van der Waals surface area contributed by atoms with Crippen LogP contribution in [0.2, 0.25) is 24.2 Å². The van der Waals surface area contributed by atoms with Gasteiger partial charge in [-0.1, -0.05) is 82.2 Å². The van der Waals surface area contributed by atoms with Crippen LogP contribution < -0.4 is 0 Å². The van der Waals surface area contributed by atoms with Gasteiger partial charge in [0.15, 0.2) is 0 Å². The highest BCUT2D eigenvalue weighted by molar-refractivity contribution is 6.79. The van der Waals surface area contributed by atoms with E-state index < -0.39 is 13.5 Å². The van der Waals surface area contributed by atoms with Gasteiger partial charge in [0, 0.05) is 0 Å². The first kappa shape index (κ1) is 19.2. The lowest BCUT2D eigenvalue weighted by molar-refractivity contribution is -0.147. The van der Waals surface area contributed by atoms with Crippen molar-refractivity contribution in [2.45, 2.75) is 70.1 Å². The van der Waals surface area contributed by atoms with Crippen molar-refractivity contribution in [2.75, 3.05) is 7.11 Å². The monoisotopic (exact) mass is 346 g/mol. The van der Waals surface area contributed by atoms with Crippen LogP contribution in [0.3, 0.4) is 0 Å². The Hall–Kier alpha value is -1.09. The maximum absolute atomic E-state index is 12.8. The molecule has 0 N–H and O–H groups in total. The molecule has 1 aromatic carbocycles. The average Bonchev–Trinajstić information content (AvgIpc) is 2.97. The Morgan fingerprint density at radius 2 is 1.71 bits per heavy atom. The molecule has 1 aromatic rings. The molecule has 0 spiro atoms. The maximum atomic E-state index is 12.8. The molecule has 0 bridgehead atoms. The van der Waals surface area contributed by atoms with Crippen molar-refractivity contribution in [3.63, 3.8) is 0 Å².